The monoisotopic (exact) mass is 332 g/mol. The fourth-order valence-electron chi connectivity index (χ4n) is 3.28. The first kappa shape index (κ1) is 16.2. The number of hydrogen-bond donors (Lipinski definition) is 1. The molecule has 1 aliphatic heterocycles. The molecule has 0 aromatic carbocycles. The lowest BCUT2D eigenvalue weighted by Gasteiger charge is -2.29. The predicted octanol–water partition coefficient (Wildman–Crippen LogP) is 3.69. The van der Waals surface area contributed by atoms with Crippen molar-refractivity contribution in [2.24, 2.45) is 0 Å². The Morgan fingerprint density at radius 2 is 2.22 bits per heavy atom. The van der Waals surface area contributed by atoms with Gasteiger partial charge in [0.2, 0.25) is 5.91 Å². The van der Waals surface area contributed by atoms with Crippen molar-refractivity contribution in [2.75, 3.05) is 11.9 Å². The minimum atomic E-state index is -0.155. The molecule has 0 radical (unpaired) electrons. The van der Waals surface area contributed by atoms with Gasteiger partial charge in [0.15, 0.2) is 0 Å². The van der Waals surface area contributed by atoms with Crippen molar-refractivity contribution in [3.05, 3.63) is 34.7 Å². The average Bonchev–Trinajstić information content (AvgIpc) is 3.26. The van der Waals surface area contributed by atoms with E-state index in [1.807, 2.05) is 17.7 Å². The molecule has 0 saturated carbocycles. The van der Waals surface area contributed by atoms with Crippen LogP contribution in [0.4, 0.5) is 5.82 Å². The van der Waals surface area contributed by atoms with Crippen LogP contribution >= 0.6 is 11.3 Å². The van der Waals surface area contributed by atoms with Gasteiger partial charge in [-0.3, -0.25) is 9.69 Å². The first-order valence-corrected chi connectivity index (χ1v) is 9.14. The molecular weight excluding hydrogens is 308 g/mol. The fourth-order valence-corrected chi connectivity index (χ4v) is 3.99. The lowest BCUT2D eigenvalue weighted by Crippen LogP contribution is -2.41. The molecule has 1 aliphatic rings. The number of amides is 1. The normalized spacial score (nSPS) is 20.1. The smallest absolute Gasteiger partial charge is 0.242 e. The van der Waals surface area contributed by atoms with E-state index in [9.17, 15) is 4.79 Å². The predicted molar refractivity (Wildman–Crippen MR) is 93.7 cm³/mol. The number of carbonyl (C=O) groups excluding carboxylic acids is 1. The number of nitrogens with one attached hydrogen (secondary N) is 1. The maximum atomic E-state index is 12.7. The number of carbonyl (C=O) groups is 1. The van der Waals surface area contributed by atoms with Crippen LogP contribution in [-0.4, -0.2) is 33.2 Å². The minimum absolute atomic E-state index is 0.0366. The summed E-state index contributed by atoms with van der Waals surface area (Å²) in [4.78, 5) is 15.0. The van der Waals surface area contributed by atoms with Gasteiger partial charge in [0.25, 0.3) is 0 Å². The molecule has 2 atom stereocenters. The number of rotatable bonds is 5. The highest BCUT2D eigenvalue weighted by atomic mass is 32.1. The molecule has 0 spiro atoms. The molecule has 1 N–H and O–H groups in total. The van der Waals surface area contributed by atoms with Crippen molar-refractivity contribution in [1.82, 2.24) is 14.7 Å². The van der Waals surface area contributed by atoms with Crippen LogP contribution in [0, 0.1) is 0 Å². The van der Waals surface area contributed by atoms with Gasteiger partial charge in [-0.05, 0) is 62.5 Å². The number of nitrogens with zero attached hydrogens (tertiary/aromatic N) is 3. The van der Waals surface area contributed by atoms with Crippen LogP contribution < -0.4 is 5.32 Å². The maximum absolute atomic E-state index is 12.7. The highest BCUT2D eigenvalue weighted by Gasteiger charge is 2.33. The Labute approximate surface area is 141 Å². The van der Waals surface area contributed by atoms with Crippen molar-refractivity contribution in [1.29, 1.82) is 0 Å². The van der Waals surface area contributed by atoms with Gasteiger partial charge in [-0.15, -0.1) is 0 Å². The van der Waals surface area contributed by atoms with Crippen LogP contribution in [0.2, 0.25) is 0 Å². The second kappa shape index (κ2) is 6.84. The summed E-state index contributed by atoms with van der Waals surface area (Å²) in [5, 5.41) is 11.6. The number of anilines is 1. The summed E-state index contributed by atoms with van der Waals surface area (Å²) in [6.07, 6.45) is 3.99. The van der Waals surface area contributed by atoms with Gasteiger partial charge >= 0.3 is 0 Å². The van der Waals surface area contributed by atoms with Gasteiger partial charge in [0.05, 0.1) is 12.2 Å². The van der Waals surface area contributed by atoms with Gasteiger partial charge in [-0.2, -0.15) is 16.4 Å². The molecule has 1 fully saturated rings. The summed E-state index contributed by atoms with van der Waals surface area (Å²) >= 11 is 1.72. The third kappa shape index (κ3) is 3.33. The number of thiophene rings is 1. The summed E-state index contributed by atoms with van der Waals surface area (Å²) < 4.78 is 1.84. The summed E-state index contributed by atoms with van der Waals surface area (Å²) in [6, 6.07) is 4.45. The Hall–Kier alpha value is -1.66. The molecule has 23 heavy (non-hydrogen) atoms. The highest BCUT2D eigenvalue weighted by Crippen LogP contribution is 2.34. The quantitative estimate of drug-likeness (QED) is 0.908. The summed E-state index contributed by atoms with van der Waals surface area (Å²) in [5.74, 6) is 0.803. The van der Waals surface area contributed by atoms with Crippen LogP contribution in [0.3, 0.4) is 0 Å². The van der Waals surface area contributed by atoms with Gasteiger partial charge in [0, 0.05) is 18.2 Å². The van der Waals surface area contributed by atoms with E-state index in [1.54, 1.807) is 17.5 Å². The molecule has 5 nitrogen and oxygen atoms in total. The minimum Gasteiger partial charge on any atom is -0.310 e. The summed E-state index contributed by atoms with van der Waals surface area (Å²) in [5.41, 5.74) is 1.33. The topological polar surface area (TPSA) is 50.2 Å². The molecule has 1 saturated heterocycles. The van der Waals surface area contributed by atoms with Crippen molar-refractivity contribution in [3.63, 3.8) is 0 Å². The van der Waals surface area contributed by atoms with Gasteiger partial charge in [-0.1, -0.05) is 0 Å². The molecule has 2 aromatic rings. The standard InChI is InChI=1S/C17H24N4OS/c1-12(2)21-16(6-8-18-21)19-17(22)13(3)20-9-4-5-15(20)14-7-10-23-11-14/h6-8,10-13,15H,4-5,9H2,1-3H3,(H,19,22)/t13-,15+/m1/s1. The molecule has 6 heteroatoms. The van der Waals surface area contributed by atoms with E-state index in [4.69, 9.17) is 0 Å². The van der Waals surface area contributed by atoms with E-state index in [-0.39, 0.29) is 18.0 Å². The molecule has 3 rings (SSSR count). The number of aromatic nitrogens is 2. The number of likely N-dealkylation sites (tertiary alicyclic amines) is 1. The van der Waals surface area contributed by atoms with Crippen LogP contribution in [0.25, 0.3) is 0 Å². The van der Waals surface area contributed by atoms with Crippen molar-refractivity contribution in [3.8, 4) is 0 Å². The summed E-state index contributed by atoms with van der Waals surface area (Å²) in [6.45, 7) is 7.08. The lowest BCUT2D eigenvalue weighted by molar-refractivity contribution is -0.121. The Morgan fingerprint density at radius 1 is 1.39 bits per heavy atom. The lowest BCUT2D eigenvalue weighted by atomic mass is 10.1. The Balaban J connectivity index is 1.70. The SMILES string of the molecule is CC(C)n1nccc1NC(=O)[C@@H](C)N1CCC[C@H]1c1ccsc1. The first-order chi connectivity index (χ1) is 11.1. The molecule has 0 aliphatic carbocycles. The van der Waals surface area contributed by atoms with E-state index in [2.05, 4.69) is 46.0 Å². The van der Waals surface area contributed by atoms with Gasteiger partial charge in [-0.25, -0.2) is 4.68 Å². The van der Waals surface area contributed by atoms with Crippen LogP contribution in [0.1, 0.15) is 51.3 Å². The number of hydrogen-bond acceptors (Lipinski definition) is 4. The van der Waals surface area contributed by atoms with E-state index >= 15 is 0 Å². The van der Waals surface area contributed by atoms with Crippen LogP contribution in [0.15, 0.2) is 29.1 Å². The van der Waals surface area contributed by atoms with E-state index in [0.29, 0.717) is 6.04 Å². The second-order valence-corrected chi connectivity index (χ2v) is 7.15. The summed E-state index contributed by atoms with van der Waals surface area (Å²) in [7, 11) is 0. The van der Waals surface area contributed by atoms with E-state index < -0.39 is 0 Å². The van der Waals surface area contributed by atoms with Gasteiger partial charge in [0.1, 0.15) is 5.82 Å². The van der Waals surface area contributed by atoms with Crippen molar-refractivity contribution >= 4 is 23.1 Å². The molecule has 2 aromatic heterocycles. The van der Waals surface area contributed by atoms with Gasteiger partial charge < -0.3 is 5.32 Å². The Kier molecular flexibility index (Phi) is 4.82. The third-order valence-electron chi connectivity index (χ3n) is 4.51. The molecule has 1 amide bonds. The zero-order chi connectivity index (χ0) is 16.4. The van der Waals surface area contributed by atoms with Crippen LogP contribution in [0.5, 0.6) is 0 Å². The zero-order valence-corrected chi connectivity index (χ0v) is 14.7. The molecule has 0 bridgehead atoms. The fraction of sp³-hybridized carbons (Fsp3) is 0.529. The van der Waals surface area contributed by atoms with Crippen molar-refractivity contribution < 1.29 is 4.79 Å². The first-order valence-electron chi connectivity index (χ1n) is 8.20. The average molecular weight is 332 g/mol. The molecule has 3 heterocycles. The molecule has 124 valence electrons. The molecule has 0 unspecified atom stereocenters. The molecular formula is C17H24N4OS. The van der Waals surface area contributed by atoms with Crippen LogP contribution in [-0.2, 0) is 4.79 Å². The van der Waals surface area contributed by atoms with E-state index in [0.717, 1.165) is 25.2 Å². The largest absolute Gasteiger partial charge is 0.310 e. The van der Waals surface area contributed by atoms with E-state index in [1.165, 1.54) is 5.56 Å². The highest BCUT2D eigenvalue weighted by molar-refractivity contribution is 7.07. The zero-order valence-electron chi connectivity index (χ0n) is 13.9. The van der Waals surface area contributed by atoms with Crippen molar-refractivity contribution in [2.45, 2.75) is 51.7 Å². The Morgan fingerprint density at radius 3 is 2.91 bits per heavy atom. The third-order valence-corrected chi connectivity index (χ3v) is 5.21. The maximum Gasteiger partial charge on any atom is 0.242 e. The second-order valence-electron chi connectivity index (χ2n) is 6.37. The Bertz CT molecular complexity index is 649.